The Kier molecular flexibility index (Phi) is 4.82. The molecule has 0 radical (unpaired) electrons. The first-order chi connectivity index (χ1) is 15.5. The van der Waals surface area contributed by atoms with Crippen molar-refractivity contribution in [1.82, 2.24) is 29.3 Å². The summed E-state index contributed by atoms with van der Waals surface area (Å²) in [6.45, 7) is 0. The number of nitrogens with one attached hydrogen (secondary N) is 1. The summed E-state index contributed by atoms with van der Waals surface area (Å²) < 4.78 is 3.81. The monoisotopic (exact) mass is 425 g/mol. The smallest absolute Gasteiger partial charge is 0.255 e. The zero-order valence-electron chi connectivity index (χ0n) is 17.9. The highest BCUT2D eigenvalue weighted by Crippen LogP contribution is 2.31. The molecule has 32 heavy (non-hydrogen) atoms. The van der Waals surface area contributed by atoms with E-state index in [0.29, 0.717) is 34.7 Å². The van der Waals surface area contributed by atoms with Gasteiger partial charge in [-0.2, -0.15) is 5.10 Å². The van der Waals surface area contributed by atoms with Crippen molar-refractivity contribution < 1.29 is 0 Å². The minimum atomic E-state index is -0.120. The lowest BCUT2D eigenvalue weighted by Gasteiger charge is -2.13. The third-order valence-electron chi connectivity index (χ3n) is 5.67. The normalized spacial score (nSPS) is 11.3. The number of hydrogen-bond acceptors (Lipinski definition) is 5. The van der Waals surface area contributed by atoms with E-state index >= 15 is 0 Å². The SMILES string of the molecule is Cn1ccc(-c2nc(N)c(CCc3cccn3C)nc2-c2ccc3c(=O)[nH]ccc3c2)n1. The highest BCUT2D eigenvalue weighted by molar-refractivity contribution is 5.88. The van der Waals surface area contributed by atoms with Crippen LogP contribution >= 0.6 is 0 Å². The topological polar surface area (TPSA) is 107 Å². The summed E-state index contributed by atoms with van der Waals surface area (Å²) in [5.74, 6) is 0.404. The molecule has 4 heterocycles. The Balaban J connectivity index is 1.64. The van der Waals surface area contributed by atoms with Crippen LogP contribution in [0.3, 0.4) is 0 Å². The lowest BCUT2D eigenvalue weighted by molar-refractivity contribution is 0.769. The molecule has 0 aliphatic heterocycles. The molecule has 5 rings (SSSR count). The molecule has 1 aromatic carbocycles. The van der Waals surface area contributed by atoms with Crippen LogP contribution < -0.4 is 11.3 Å². The number of aromatic amines is 1. The van der Waals surface area contributed by atoms with Gasteiger partial charge in [0.2, 0.25) is 0 Å². The van der Waals surface area contributed by atoms with E-state index in [1.165, 1.54) is 5.69 Å². The van der Waals surface area contributed by atoms with Gasteiger partial charge in [0.05, 0.1) is 11.4 Å². The Labute approximate surface area is 184 Å². The van der Waals surface area contributed by atoms with Crippen molar-refractivity contribution in [3.8, 4) is 22.6 Å². The Morgan fingerprint density at radius 3 is 2.62 bits per heavy atom. The Bertz CT molecular complexity index is 1490. The van der Waals surface area contributed by atoms with Gasteiger partial charge in [-0.1, -0.05) is 6.07 Å². The Morgan fingerprint density at radius 1 is 1.00 bits per heavy atom. The summed E-state index contributed by atoms with van der Waals surface area (Å²) in [5, 5.41) is 5.98. The average molecular weight is 425 g/mol. The molecule has 0 aliphatic rings. The molecule has 0 amide bonds. The minimum Gasteiger partial charge on any atom is -0.382 e. The van der Waals surface area contributed by atoms with Crippen LogP contribution in [-0.4, -0.2) is 29.3 Å². The maximum absolute atomic E-state index is 12.1. The highest BCUT2D eigenvalue weighted by atomic mass is 16.1. The summed E-state index contributed by atoms with van der Waals surface area (Å²) in [4.78, 5) is 24.5. The predicted octanol–water partition coefficient (Wildman–Crippen LogP) is 3.09. The lowest BCUT2D eigenvalue weighted by Crippen LogP contribution is -2.08. The van der Waals surface area contributed by atoms with Crippen molar-refractivity contribution in [2.24, 2.45) is 14.1 Å². The van der Waals surface area contributed by atoms with Crippen molar-refractivity contribution in [3.05, 3.63) is 82.8 Å². The molecule has 0 saturated heterocycles. The van der Waals surface area contributed by atoms with Crippen LogP contribution in [-0.2, 0) is 26.9 Å². The van der Waals surface area contributed by atoms with Gasteiger partial charge in [0, 0.05) is 49.3 Å². The molecular formula is C24H23N7O. The van der Waals surface area contributed by atoms with E-state index in [1.54, 1.807) is 10.9 Å². The molecule has 4 aromatic heterocycles. The summed E-state index contributed by atoms with van der Waals surface area (Å²) in [7, 11) is 3.88. The third kappa shape index (κ3) is 3.56. The number of nitrogens with zero attached hydrogens (tertiary/aromatic N) is 5. The van der Waals surface area contributed by atoms with Gasteiger partial charge in [-0.25, -0.2) is 9.97 Å². The summed E-state index contributed by atoms with van der Waals surface area (Å²) in [6.07, 6.45) is 7.00. The van der Waals surface area contributed by atoms with Gasteiger partial charge in [-0.3, -0.25) is 9.48 Å². The Hall–Kier alpha value is -4.20. The van der Waals surface area contributed by atoms with Crippen molar-refractivity contribution >= 4 is 16.6 Å². The fourth-order valence-electron chi connectivity index (χ4n) is 3.93. The number of aromatic nitrogens is 6. The number of aryl methyl sites for hydroxylation is 4. The third-order valence-corrected chi connectivity index (χ3v) is 5.67. The second kappa shape index (κ2) is 7.81. The molecule has 160 valence electrons. The summed E-state index contributed by atoms with van der Waals surface area (Å²) >= 11 is 0. The van der Waals surface area contributed by atoms with Gasteiger partial charge in [0.1, 0.15) is 17.2 Å². The quantitative estimate of drug-likeness (QED) is 0.450. The molecule has 0 fully saturated rings. The average Bonchev–Trinajstić information content (AvgIpc) is 3.40. The van der Waals surface area contributed by atoms with Crippen LogP contribution in [0.4, 0.5) is 5.82 Å². The zero-order valence-corrected chi connectivity index (χ0v) is 17.9. The summed E-state index contributed by atoms with van der Waals surface area (Å²) in [5.41, 5.74) is 11.0. The molecule has 0 bridgehead atoms. The van der Waals surface area contributed by atoms with E-state index in [9.17, 15) is 4.79 Å². The fourth-order valence-corrected chi connectivity index (χ4v) is 3.93. The molecule has 3 N–H and O–H groups in total. The maximum atomic E-state index is 12.1. The number of benzene rings is 1. The first-order valence-corrected chi connectivity index (χ1v) is 10.4. The molecule has 0 saturated carbocycles. The molecule has 8 nitrogen and oxygen atoms in total. The van der Waals surface area contributed by atoms with Gasteiger partial charge in [-0.05, 0) is 54.6 Å². The van der Waals surface area contributed by atoms with E-state index in [-0.39, 0.29) is 5.56 Å². The van der Waals surface area contributed by atoms with Crippen LogP contribution in [0, 0.1) is 0 Å². The van der Waals surface area contributed by atoms with Crippen LogP contribution in [0.2, 0.25) is 0 Å². The first kappa shape index (κ1) is 19.7. The number of fused-ring (bicyclic) bond motifs is 1. The maximum Gasteiger partial charge on any atom is 0.255 e. The molecule has 0 unspecified atom stereocenters. The van der Waals surface area contributed by atoms with Gasteiger partial charge >= 0.3 is 0 Å². The van der Waals surface area contributed by atoms with Crippen LogP contribution in [0.1, 0.15) is 11.4 Å². The molecule has 8 heteroatoms. The highest BCUT2D eigenvalue weighted by Gasteiger charge is 2.18. The van der Waals surface area contributed by atoms with Gasteiger partial charge in [0.25, 0.3) is 5.56 Å². The van der Waals surface area contributed by atoms with Crippen molar-refractivity contribution in [1.29, 1.82) is 0 Å². The number of nitrogen functional groups attached to an aromatic ring is 1. The fraction of sp³-hybridized carbons (Fsp3) is 0.167. The number of anilines is 1. The van der Waals surface area contributed by atoms with Crippen LogP contribution in [0.15, 0.2) is 65.8 Å². The Morgan fingerprint density at radius 2 is 1.88 bits per heavy atom. The van der Waals surface area contributed by atoms with E-state index in [2.05, 4.69) is 20.7 Å². The lowest BCUT2D eigenvalue weighted by atomic mass is 10.0. The predicted molar refractivity (Wildman–Crippen MR) is 125 cm³/mol. The van der Waals surface area contributed by atoms with Gasteiger partial charge in [0.15, 0.2) is 0 Å². The first-order valence-electron chi connectivity index (χ1n) is 10.4. The minimum absolute atomic E-state index is 0.120. The number of nitrogens with two attached hydrogens (primary N) is 1. The molecule has 0 atom stereocenters. The summed E-state index contributed by atoms with van der Waals surface area (Å²) in [6, 6.07) is 13.5. The second-order valence-corrected chi connectivity index (χ2v) is 7.85. The number of hydrogen-bond donors (Lipinski definition) is 2. The van der Waals surface area contributed by atoms with Gasteiger partial charge < -0.3 is 15.3 Å². The van der Waals surface area contributed by atoms with Crippen molar-refractivity contribution in [2.75, 3.05) is 5.73 Å². The zero-order chi connectivity index (χ0) is 22.2. The van der Waals surface area contributed by atoms with Crippen LogP contribution in [0.25, 0.3) is 33.4 Å². The second-order valence-electron chi connectivity index (χ2n) is 7.85. The molecule has 5 aromatic rings. The van der Waals surface area contributed by atoms with Gasteiger partial charge in [-0.15, -0.1) is 0 Å². The van der Waals surface area contributed by atoms with Crippen molar-refractivity contribution in [3.63, 3.8) is 0 Å². The van der Waals surface area contributed by atoms with E-state index in [0.717, 1.165) is 23.1 Å². The van der Waals surface area contributed by atoms with Crippen molar-refractivity contribution in [2.45, 2.75) is 12.8 Å². The largest absolute Gasteiger partial charge is 0.382 e. The number of pyridine rings is 1. The number of rotatable bonds is 5. The van der Waals surface area contributed by atoms with E-state index < -0.39 is 0 Å². The standard InChI is InChI=1S/C24H23N7O/c1-30-12-3-4-17(30)6-8-20-23(25)28-22(19-10-13-31(2)29-19)21(27-20)16-5-7-18-15(14-16)9-11-26-24(18)32/h3-5,7,9-14H,6,8H2,1-2H3,(H2,25,28)(H,26,32). The van der Waals surface area contributed by atoms with Crippen LogP contribution in [0.5, 0.6) is 0 Å². The van der Waals surface area contributed by atoms with E-state index in [1.807, 2.05) is 62.9 Å². The molecular weight excluding hydrogens is 402 g/mol. The molecule has 0 spiro atoms. The number of H-pyrrole nitrogens is 1. The van der Waals surface area contributed by atoms with E-state index in [4.69, 9.17) is 15.7 Å². The molecule has 0 aliphatic carbocycles.